The van der Waals surface area contributed by atoms with Gasteiger partial charge in [-0.2, -0.15) is 0 Å². The van der Waals surface area contributed by atoms with E-state index in [9.17, 15) is 15.0 Å². The van der Waals surface area contributed by atoms with Crippen LogP contribution in [0.5, 0.6) is 11.5 Å². The molecule has 3 N–H and O–H groups in total. The minimum absolute atomic E-state index is 0.0184. The summed E-state index contributed by atoms with van der Waals surface area (Å²) >= 11 is 0. The maximum absolute atomic E-state index is 12.6. The second-order valence-corrected chi connectivity index (χ2v) is 5.45. The van der Waals surface area contributed by atoms with E-state index in [1.807, 2.05) is 12.2 Å². The summed E-state index contributed by atoms with van der Waals surface area (Å²) in [5.41, 5.74) is 3.12. The van der Waals surface area contributed by atoms with Crippen molar-refractivity contribution < 1.29 is 15.0 Å². The first-order chi connectivity index (χ1) is 11.1. The largest absolute Gasteiger partial charge is 0.508 e. The molecule has 23 heavy (non-hydrogen) atoms. The topological polar surface area (TPSA) is 69.6 Å². The SMILES string of the molecule is O=C1/C(=C\c2ccc(O)cc2)CNC/C1=C/c1ccc(O)cc1. The van der Waals surface area contributed by atoms with Gasteiger partial charge in [0.25, 0.3) is 0 Å². The molecule has 1 fully saturated rings. The van der Waals surface area contributed by atoms with E-state index in [0.717, 1.165) is 11.1 Å². The number of piperidine rings is 1. The van der Waals surface area contributed by atoms with Crippen LogP contribution in [0.25, 0.3) is 12.2 Å². The lowest BCUT2D eigenvalue weighted by atomic mass is 9.95. The van der Waals surface area contributed by atoms with Gasteiger partial charge in [-0.1, -0.05) is 24.3 Å². The number of rotatable bonds is 2. The van der Waals surface area contributed by atoms with Crippen LogP contribution in [-0.2, 0) is 4.79 Å². The van der Waals surface area contributed by atoms with Gasteiger partial charge in [0.2, 0.25) is 0 Å². The van der Waals surface area contributed by atoms with E-state index < -0.39 is 0 Å². The zero-order valence-electron chi connectivity index (χ0n) is 12.5. The highest BCUT2D eigenvalue weighted by Gasteiger charge is 2.20. The summed E-state index contributed by atoms with van der Waals surface area (Å²) in [6.45, 7) is 1.04. The number of Topliss-reactive ketones (excluding diaryl/α,β-unsaturated/α-hetero) is 1. The Morgan fingerprint density at radius 3 is 1.52 bits per heavy atom. The standard InChI is InChI=1S/C19H17NO3/c21-17-5-1-13(2-6-17)9-15-11-20-12-16(19(15)23)10-14-3-7-18(22)8-4-14/h1-10,20-22H,11-12H2/b15-9-,16-10-. The summed E-state index contributed by atoms with van der Waals surface area (Å²) in [7, 11) is 0. The summed E-state index contributed by atoms with van der Waals surface area (Å²) in [5, 5.41) is 21.8. The minimum atomic E-state index is 0.0184. The van der Waals surface area contributed by atoms with Crippen molar-refractivity contribution in [3.05, 3.63) is 70.8 Å². The number of hydrogen-bond acceptors (Lipinski definition) is 4. The minimum Gasteiger partial charge on any atom is -0.508 e. The Morgan fingerprint density at radius 2 is 1.13 bits per heavy atom. The van der Waals surface area contributed by atoms with Crippen LogP contribution in [0.1, 0.15) is 11.1 Å². The third-order valence-corrected chi connectivity index (χ3v) is 3.68. The van der Waals surface area contributed by atoms with Crippen molar-refractivity contribution in [2.75, 3.05) is 13.1 Å². The lowest BCUT2D eigenvalue weighted by Gasteiger charge is -2.18. The van der Waals surface area contributed by atoms with Crippen LogP contribution in [0.15, 0.2) is 59.7 Å². The normalized spacial score (nSPS) is 18.5. The molecular formula is C19H17NO3. The Kier molecular flexibility index (Phi) is 4.26. The van der Waals surface area contributed by atoms with Gasteiger partial charge in [-0.3, -0.25) is 4.79 Å². The highest BCUT2D eigenvalue weighted by atomic mass is 16.3. The molecule has 1 saturated heterocycles. The van der Waals surface area contributed by atoms with E-state index in [0.29, 0.717) is 24.2 Å². The van der Waals surface area contributed by atoms with Crippen molar-refractivity contribution in [1.29, 1.82) is 0 Å². The summed E-state index contributed by atoms with van der Waals surface area (Å²) < 4.78 is 0. The number of benzene rings is 2. The molecule has 2 aromatic rings. The molecule has 3 rings (SSSR count). The van der Waals surface area contributed by atoms with E-state index >= 15 is 0 Å². The van der Waals surface area contributed by atoms with E-state index in [4.69, 9.17) is 0 Å². The first-order valence-corrected chi connectivity index (χ1v) is 7.36. The lowest BCUT2D eigenvalue weighted by Crippen LogP contribution is -2.32. The molecule has 0 radical (unpaired) electrons. The quantitative estimate of drug-likeness (QED) is 0.746. The zero-order valence-corrected chi connectivity index (χ0v) is 12.5. The molecule has 2 aromatic carbocycles. The Balaban J connectivity index is 1.86. The van der Waals surface area contributed by atoms with E-state index in [2.05, 4.69) is 5.32 Å². The molecule has 1 heterocycles. The fraction of sp³-hybridized carbons (Fsp3) is 0.105. The molecule has 0 unspecified atom stereocenters. The fourth-order valence-corrected chi connectivity index (χ4v) is 2.48. The molecule has 0 bridgehead atoms. The Bertz CT molecular complexity index is 706. The van der Waals surface area contributed by atoms with Crippen molar-refractivity contribution in [1.82, 2.24) is 5.32 Å². The number of phenols is 2. The van der Waals surface area contributed by atoms with Crippen LogP contribution in [-0.4, -0.2) is 29.1 Å². The van der Waals surface area contributed by atoms with Crippen LogP contribution >= 0.6 is 0 Å². The number of carbonyl (C=O) groups is 1. The smallest absolute Gasteiger partial charge is 0.187 e. The van der Waals surface area contributed by atoms with Gasteiger partial charge in [-0.25, -0.2) is 0 Å². The second-order valence-electron chi connectivity index (χ2n) is 5.45. The van der Waals surface area contributed by atoms with Crippen molar-refractivity contribution in [2.45, 2.75) is 0 Å². The molecule has 1 aliphatic heterocycles. The maximum atomic E-state index is 12.6. The van der Waals surface area contributed by atoms with Crippen LogP contribution in [0.3, 0.4) is 0 Å². The Hall–Kier alpha value is -2.85. The molecule has 4 nitrogen and oxygen atoms in total. The zero-order chi connectivity index (χ0) is 16.2. The Labute approximate surface area is 134 Å². The van der Waals surface area contributed by atoms with Crippen LogP contribution in [0.4, 0.5) is 0 Å². The molecule has 0 spiro atoms. The molecule has 4 heteroatoms. The predicted octanol–water partition coefficient (Wildman–Crippen LogP) is 2.74. The van der Waals surface area contributed by atoms with Gasteiger partial charge in [0.15, 0.2) is 5.78 Å². The van der Waals surface area contributed by atoms with E-state index in [1.54, 1.807) is 48.5 Å². The van der Waals surface area contributed by atoms with Gasteiger partial charge in [0.1, 0.15) is 11.5 Å². The molecule has 0 amide bonds. The third kappa shape index (κ3) is 3.67. The van der Waals surface area contributed by atoms with Crippen molar-refractivity contribution in [3.63, 3.8) is 0 Å². The van der Waals surface area contributed by atoms with Crippen molar-refractivity contribution in [3.8, 4) is 11.5 Å². The van der Waals surface area contributed by atoms with Gasteiger partial charge in [0, 0.05) is 24.2 Å². The molecule has 116 valence electrons. The number of nitrogens with one attached hydrogen (secondary N) is 1. The Morgan fingerprint density at radius 1 is 0.739 bits per heavy atom. The average Bonchev–Trinajstić information content (AvgIpc) is 2.55. The molecule has 0 atom stereocenters. The lowest BCUT2D eigenvalue weighted by molar-refractivity contribution is -0.112. The molecule has 1 aliphatic rings. The van der Waals surface area contributed by atoms with Crippen molar-refractivity contribution >= 4 is 17.9 Å². The second kappa shape index (κ2) is 6.50. The van der Waals surface area contributed by atoms with Crippen LogP contribution < -0.4 is 5.32 Å². The van der Waals surface area contributed by atoms with Crippen LogP contribution in [0.2, 0.25) is 0 Å². The fourth-order valence-electron chi connectivity index (χ4n) is 2.48. The number of hydrogen-bond donors (Lipinski definition) is 3. The van der Waals surface area contributed by atoms with Gasteiger partial charge in [0.05, 0.1) is 0 Å². The maximum Gasteiger partial charge on any atom is 0.187 e. The average molecular weight is 307 g/mol. The summed E-state index contributed by atoms with van der Waals surface area (Å²) in [5.74, 6) is 0.422. The predicted molar refractivity (Wildman–Crippen MR) is 90.0 cm³/mol. The van der Waals surface area contributed by atoms with E-state index in [1.165, 1.54) is 0 Å². The van der Waals surface area contributed by atoms with Gasteiger partial charge >= 0.3 is 0 Å². The van der Waals surface area contributed by atoms with Gasteiger partial charge in [-0.05, 0) is 47.5 Å². The first-order valence-electron chi connectivity index (χ1n) is 7.36. The highest BCUT2D eigenvalue weighted by Crippen LogP contribution is 2.19. The third-order valence-electron chi connectivity index (χ3n) is 3.68. The number of ketones is 1. The summed E-state index contributed by atoms with van der Waals surface area (Å²) in [6, 6.07) is 13.5. The summed E-state index contributed by atoms with van der Waals surface area (Å²) in [6.07, 6.45) is 3.66. The summed E-state index contributed by atoms with van der Waals surface area (Å²) in [4.78, 5) is 12.6. The first kappa shape index (κ1) is 15.1. The van der Waals surface area contributed by atoms with Gasteiger partial charge < -0.3 is 15.5 Å². The number of phenolic OH excluding ortho intramolecular Hbond substituents is 2. The monoisotopic (exact) mass is 307 g/mol. The number of carbonyl (C=O) groups excluding carboxylic acids is 1. The molecule has 0 aromatic heterocycles. The molecule has 0 aliphatic carbocycles. The number of aromatic hydroxyl groups is 2. The van der Waals surface area contributed by atoms with Crippen molar-refractivity contribution in [2.24, 2.45) is 0 Å². The van der Waals surface area contributed by atoms with Gasteiger partial charge in [-0.15, -0.1) is 0 Å². The molecule has 0 saturated carbocycles. The molecular weight excluding hydrogens is 290 g/mol. The van der Waals surface area contributed by atoms with Crippen LogP contribution in [0, 0.1) is 0 Å². The highest BCUT2D eigenvalue weighted by molar-refractivity contribution is 6.14. The van der Waals surface area contributed by atoms with E-state index in [-0.39, 0.29) is 17.3 Å².